The molecule has 0 radical (unpaired) electrons. The topological polar surface area (TPSA) is 42.0 Å². The fraction of sp³-hybridized carbons (Fsp3) is 0.231. The number of carbonyl (C=O) groups is 1. The molecule has 92 valence electrons. The van der Waals surface area contributed by atoms with Crippen LogP contribution in [0.4, 0.5) is 5.69 Å². The van der Waals surface area contributed by atoms with Crippen molar-refractivity contribution in [3.05, 3.63) is 44.9 Å². The van der Waals surface area contributed by atoms with Gasteiger partial charge in [0.15, 0.2) is 0 Å². The number of anilines is 1. The summed E-state index contributed by atoms with van der Waals surface area (Å²) in [4.78, 5) is 18.1. The zero-order chi connectivity index (χ0) is 12.5. The maximum Gasteiger partial charge on any atom is 0.265 e. The van der Waals surface area contributed by atoms with E-state index in [1.165, 1.54) is 16.9 Å². The number of aromatic nitrogens is 1. The zero-order valence-corrected chi connectivity index (χ0v) is 11.1. The molecule has 3 rings (SSSR count). The number of thiophene rings is 1. The van der Waals surface area contributed by atoms with E-state index in [2.05, 4.69) is 10.3 Å². The Morgan fingerprint density at radius 3 is 3.11 bits per heavy atom. The predicted octanol–water partition coefficient (Wildman–Crippen LogP) is 3.54. The van der Waals surface area contributed by atoms with Gasteiger partial charge in [0.2, 0.25) is 0 Å². The molecule has 1 aliphatic rings. The predicted molar refractivity (Wildman–Crippen MR) is 73.5 cm³/mol. The summed E-state index contributed by atoms with van der Waals surface area (Å²) in [5.74, 6) is -0.107. The van der Waals surface area contributed by atoms with Gasteiger partial charge in [-0.25, -0.2) is 0 Å². The van der Waals surface area contributed by atoms with Gasteiger partial charge in [0.1, 0.15) is 0 Å². The van der Waals surface area contributed by atoms with Gasteiger partial charge < -0.3 is 5.32 Å². The highest BCUT2D eigenvalue weighted by Gasteiger charge is 2.18. The molecule has 0 bridgehead atoms. The highest BCUT2D eigenvalue weighted by atomic mass is 35.5. The smallest absolute Gasteiger partial charge is 0.265 e. The Kier molecular flexibility index (Phi) is 3.06. The molecule has 1 N–H and O–H groups in total. The number of hydrogen-bond donors (Lipinski definition) is 1. The van der Waals surface area contributed by atoms with E-state index in [-0.39, 0.29) is 5.91 Å². The molecule has 1 amide bonds. The van der Waals surface area contributed by atoms with Gasteiger partial charge in [0.25, 0.3) is 5.91 Å². The van der Waals surface area contributed by atoms with Gasteiger partial charge in [0.05, 0.1) is 21.8 Å². The maximum absolute atomic E-state index is 12.1. The van der Waals surface area contributed by atoms with Crippen LogP contribution in [0.15, 0.2) is 24.5 Å². The molecule has 3 nitrogen and oxygen atoms in total. The van der Waals surface area contributed by atoms with E-state index < -0.39 is 0 Å². The van der Waals surface area contributed by atoms with Crippen molar-refractivity contribution >= 4 is 34.5 Å². The van der Waals surface area contributed by atoms with Crippen LogP contribution in [0.1, 0.15) is 26.5 Å². The van der Waals surface area contributed by atoms with Crippen LogP contribution < -0.4 is 5.32 Å². The number of nitrogens with zero attached hydrogens (tertiary/aromatic N) is 1. The summed E-state index contributed by atoms with van der Waals surface area (Å²) in [7, 11) is 0. The van der Waals surface area contributed by atoms with E-state index in [1.807, 2.05) is 6.07 Å². The number of rotatable bonds is 2. The molecule has 0 aliphatic heterocycles. The normalized spacial score (nSPS) is 13.4. The molecule has 2 heterocycles. The summed E-state index contributed by atoms with van der Waals surface area (Å²) in [6.45, 7) is 0. The van der Waals surface area contributed by atoms with Crippen LogP contribution in [0.3, 0.4) is 0 Å². The van der Waals surface area contributed by atoms with Crippen LogP contribution >= 0.6 is 22.9 Å². The number of amides is 1. The molecule has 1 aliphatic carbocycles. The van der Waals surface area contributed by atoms with E-state index in [9.17, 15) is 4.79 Å². The van der Waals surface area contributed by atoms with Crippen LogP contribution in [0, 0.1) is 0 Å². The highest BCUT2D eigenvalue weighted by molar-refractivity contribution is 7.14. The van der Waals surface area contributed by atoms with Crippen molar-refractivity contribution in [3.63, 3.8) is 0 Å². The van der Waals surface area contributed by atoms with E-state index in [0.29, 0.717) is 10.7 Å². The number of fused-ring (bicyclic) bond motifs is 1. The molecule has 0 saturated carbocycles. The second-order valence-corrected chi connectivity index (χ2v) is 5.77. The lowest BCUT2D eigenvalue weighted by molar-refractivity contribution is 0.103. The van der Waals surface area contributed by atoms with Gasteiger partial charge in [-0.2, -0.15) is 0 Å². The van der Waals surface area contributed by atoms with Gasteiger partial charge in [-0.1, -0.05) is 11.6 Å². The highest BCUT2D eigenvalue weighted by Crippen LogP contribution is 2.31. The maximum atomic E-state index is 12.1. The average Bonchev–Trinajstić information content (AvgIpc) is 2.92. The molecule has 5 heteroatoms. The van der Waals surface area contributed by atoms with Crippen molar-refractivity contribution < 1.29 is 4.79 Å². The van der Waals surface area contributed by atoms with Gasteiger partial charge in [-0.15, -0.1) is 11.3 Å². The molecular formula is C13H11ClN2OS. The zero-order valence-electron chi connectivity index (χ0n) is 9.57. The standard InChI is InChI=1S/C13H11ClN2OS/c14-9-4-5-15-7-10(9)16-13(17)12-6-8-2-1-3-11(8)18-12/h4-7H,1-3H2,(H,16,17). The third-order valence-electron chi connectivity index (χ3n) is 2.99. The molecule has 0 atom stereocenters. The largest absolute Gasteiger partial charge is 0.319 e. The van der Waals surface area contributed by atoms with Gasteiger partial charge in [-0.3, -0.25) is 9.78 Å². The third-order valence-corrected chi connectivity index (χ3v) is 4.55. The third kappa shape index (κ3) is 2.13. The van der Waals surface area contributed by atoms with Crippen molar-refractivity contribution in [1.29, 1.82) is 0 Å². The van der Waals surface area contributed by atoms with Gasteiger partial charge in [-0.05, 0) is 37.0 Å². The fourth-order valence-electron chi connectivity index (χ4n) is 2.09. The summed E-state index contributed by atoms with van der Waals surface area (Å²) in [6, 6.07) is 3.65. The van der Waals surface area contributed by atoms with E-state index in [1.54, 1.807) is 29.8 Å². The number of carbonyl (C=O) groups excluding carboxylic acids is 1. The van der Waals surface area contributed by atoms with E-state index in [0.717, 1.165) is 17.7 Å². The molecule has 0 saturated heterocycles. The minimum atomic E-state index is -0.107. The van der Waals surface area contributed by atoms with Gasteiger partial charge >= 0.3 is 0 Å². The summed E-state index contributed by atoms with van der Waals surface area (Å²) in [5, 5.41) is 3.29. The molecular weight excluding hydrogens is 268 g/mol. The minimum absolute atomic E-state index is 0.107. The van der Waals surface area contributed by atoms with Crippen molar-refractivity contribution in [3.8, 4) is 0 Å². The van der Waals surface area contributed by atoms with Crippen LogP contribution in [-0.4, -0.2) is 10.9 Å². The van der Waals surface area contributed by atoms with E-state index >= 15 is 0 Å². The lowest BCUT2D eigenvalue weighted by Crippen LogP contribution is -2.10. The number of pyridine rings is 1. The first-order valence-corrected chi connectivity index (χ1v) is 6.96. The van der Waals surface area contributed by atoms with Crippen LogP contribution in [-0.2, 0) is 12.8 Å². The van der Waals surface area contributed by atoms with Crippen molar-refractivity contribution in [2.75, 3.05) is 5.32 Å². The second kappa shape index (κ2) is 4.71. The Morgan fingerprint density at radius 2 is 2.33 bits per heavy atom. The summed E-state index contributed by atoms with van der Waals surface area (Å²) < 4.78 is 0. The van der Waals surface area contributed by atoms with Gasteiger partial charge in [0, 0.05) is 11.1 Å². The Balaban J connectivity index is 1.81. The molecule has 0 spiro atoms. The second-order valence-electron chi connectivity index (χ2n) is 4.22. The molecule has 18 heavy (non-hydrogen) atoms. The van der Waals surface area contributed by atoms with E-state index in [4.69, 9.17) is 11.6 Å². The quantitative estimate of drug-likeness (QED) is 0.913. The first-order valence-electron chi connectivity index (χ1n) is 5.76. The Morgan fingerprint density at radius 1 is 1.44 bits per heavy atom. The van der Waals surface area contributed by atoms with Crippen LogP contribution in [0.5, 0.6) is 0 Å². The fourth-order valence-corrected chi connectivity index (χ4v) is 3.40. The monoisotopic (exact) mass is 278 g/mol. The molecule has 0 aromatic carbocycles. The summed E-state index contributed by atoms with van der Waals surface area (Å²) in [6.07, 6.45) is 6.55. The number of hydrogen-bond acceptors (Lipinski definition) is 3. The average molecular weight is 279 g/mol. The van der Waals surface area contributed by atoms with Crippen LogP contribution in [0.25, 0.3) is 0 Å². The number of aryl methyl sites for hydroxylation is 2. The molecule has 2 aromatic heterocycles. The SMILES string of the molecule is O=C(Nc1cnccc1Cl)c1cc2c(s1)CCC2. The first kappa shape index (κ1) is 11.7. The van der Waals surface area contributed by atoms with Crippen molar-refractivity contribution in [2.24, 2.45) is 0 Å². The Bertz CT molecular complexity index is 587. The first-order chi connectivity index (χ1) is 8.74. The minimum Gasteiger partial charge on any atom is -0.319 e. The van der Waals surface area contributed by atoms with Crippen LogP contribution in [0.2, 0.25) is 5.02 Å². The number of nitrogens with one attached hydrogen (secondary N) is 1. The lowest BCUT2D eigenvalue weighted by atomic mass is 10.2. The molecule has 0 unspecified atom stereocenters. The number of halogens is 1. The van der Waals surface area contributed by atoms with Crippen molar-refractivity contribution in [1.82, 2.24) is 4.98 Å². The Labute approximate surface area is 114 Å². The summed E-state index contributed by atoms with van der Waals surface area (Å²) in [5.41, 5.74) is 1.88. The molecule has 0 fully saturated rings. The lowest BCUT2D eigenvalue weighted by Gasteiger charge is -2.04. The summed E-state index contributed by atoms with van der Waals surface area (Å²) >= 11 is 7.56. The Hall–Kier alpha value is -1.39. The van der Waals surface area contributed by atoms with Crippen molar-refractivity contribution in [2.45, 2.75) is 19.3 Å². The molecule has 2 aromatic rings.